The summed E-state index contributed by atoms with van der Waals surface area (Å²) in [5.41, 5.74) is 1.72. The average Bonchev–Trinajstić information content (AvgIpc) is 2.91. The number of allylic oxidation sites excluding steroid dienone is 2. The summed E-state index contributed by atoms with van der Waals surface area (Å²) in [5.74, 6) is 1.54. The number of ether oxygens (including phenoxy) is 4. The highest BCUT2D eigenvalue weighted by molar-refractivity contribution is 6.32. The lowest BCUT2D eigenvalue weighted by Crippen LogP contribution is -2.05. The third kappa shape index (κ3) is 6.89. The van der Waals surface area contributed by atoms with Crippen LogP contribution in [-0.4, -0.2) is 34.2 Å². The van der Waals surface area contributed by atoms with Gasteiger partial charge in [-0.1, -0.05) is 42.0 Å². The van der Waals surface area contributed by atoms with Crippen LogP contribution in [0.15, 0.2) is 60.7 Å². The summed E-state index contributed by atoms with van der Waals surface area (Å²) in [7, 11) is 6.09. The molecule has 0 radical (unpaired) electrons. The van der Waals surface area contributed by atoms with Gasteiger partial charge in [0.1, 0.15) is 5.75 Å². The van der Waals surface area contributed by atoms with Gasteiger partial charge in [-0.05, 0) is 65.6 Å². The number of carbonyl (C=O) groups excluding carboxylic acids is 1. The molecule has 0 bridgehead atoms. The second-order valence-corrected chi connectivity index (χ2v) is 8.43. The molecule has 0 aliphatic rings. The number of ketones is 1. The van der Waals surface area contributed by atoms with E-state index in [0.29, 0.717) is 34.4 Å². The predicted molar refractivity (Wildman–Crippen MR) is 142 cm³/mol. The van der Waals surface area contributed by atoms with E-state index in [2.05, 4.69) is 0 Å². The minimum absolute atomic E-state index is 0.158. The second kappa shape index (κ2) is 12.6. The third-order valence-electron chi connectivity index (χ3n) is 5.66. The summed E-state index contributed by atoms with van der Waals surface area (Å²) in [6.45, 7) is 0. The molecule has 0 saturated heterocycles. The fourth-order valence-corrected chi connectivity index (χ4v) is 3.94. The van der Waals surface area contributed by atoms with Gasteiger partial charge in [-0.25, -0.2) is 0 Å². The van der Waals surface area contributed by atoms with Crippen LogP contribution in [0.25, 0.3) is 12.2 Å². The Morgan fingerprint density at radius 2 is 1.45 bits per heavy atom. The van der Waals surface area contributed by atoms with Gasteiger partial charge in [-0.15, -0.1) is 0 Å². The molecule has 200 valence electrons. The highest BCUT2D eigenvalue weighted by Crippen LogP contribution is 2.39. The van der Waals surface area contributed by atoms with Crippen LogP contribution < -0.4 is 18.9 Å². The van der Waals surface area contributed by atoms with Crippen molar-refractivity contribution >= 4 is 29.5 Å². The lowest BCUT2D eigenvalue weighted by Gasteiger charge is -2.13. The van der Waals surface area contributed by atoms with Gasteiger partial charge in [0.25, 0.3) is 0 Å². The number of alkyl halides is 3. The van der Waals surface area contributed by atoms with Gasteiger partial charge in [-0.3, -0.25) is 4.79 Å². The summed E-state index contributed by atoms with van der Waals surface area (Å²) >= 11 is 6.36. The van der Waals surface area contributed by atoms with Crippen LogP contribution in [0.4, 0.5) is 13.2 Å². The molecule has 5 nitrogen and oxygen atoms in total. The Hall–Kier alpha value is -3.91. The molecule has 0 spiro atoms. The Bertz CT molecular complexity index is 1320. The molecule has 0 unspecified atom stereocenters. The molecular weight excluding hydrogens is 521 g/mol. The van der Waals surface area contributed by atoms with Crippen LogP contribution >= 0.6 is 11.6 Å². The molecule has 0 fully saturated rings. The number of benzene rings is 3. The van der Waals surface area contributed by atoms with E-state index < -0.39 is 17.5 Å². The van der Waals surface area contributed by atoms with Crippen molar-refractivity contribution in [2.24, 2.45) is 0 Å². The molecule has 0 N–H and O–H groups in total. The van der Waals surface area contributed by atoms with E-state index >= 15 is 0 Å². The molecule has 0 heterocycles. The van der Waals surface area contributed by atoms with Crippen molar-refractivity contribution in [2.75, 3.05) is 28.4 Å². The predicted octanol–water partition coefficient (Wildman–Crippen LogP) is 7.55. The van der Waals surface area contributed by atoms with Crippen molar-refractivity contribution in [1.82, 2.24) is 0 Å². The fraction of sp³-hybridized carbons (Fsp3) is 0.207. The molecule has 3 aromatic rings. The molecule has 38 heavy (non-hydrogen) atoms. The van der Waals surface area contributed by atoms with Crippen LogP contribution in [0.2, 0.25) is 5.02 Å². The summed E-state index contributed by atoms with van der Waals surface area (Å²) in [4.78, 5) is 12.5. The minimum Gasteiger partial charge on any atom is -0.495 e. The smallest absolute Gasteiger partial charge is 0.416 e. The zero-order valence-corrected chi connectivity index (χ0v) is 21.9. The highest BCUT2D eigenvalue weighted by atomic mass is 35.5. The lowest BCUT2D eigenvalue weighted by molar-refractivity contribution is -0.137. The Morgan fingerprint density at radius 1 is 0.842 bits per heavy atom. The van der Waals surface area contributed by atoms with Gasteiger partial charge in [-0.2, -0.15) is 13.2 Å². The van der Waals surface area contributed by atoms with E-state index in [4.69, 9.17) is 30.5 Å². The van der Waals surface area contributed by atoms with Crippen LogP contribution in [0.1, 0.15) is 32.6 Å². The highest BCUT2D eigenvalue weighted by Gasteiger charge is 2.30. The van der Waals surface area contributed by atoms with Crippen molar-refractivity contribution in [3.05, 3.63) is 93.5 Å². The maximum absolute atomic E-state index is 12.8. The van der Waals surface area contributed by atoms with E-state index in [1.807, 2.05) is 12.2 Å². The maximum atomic E-state index is 12.8. The Morgan fingerprint density at radius 3 is 1.97 bits per heavy atom. The molecule has 0 amide bonds. The molecule has 0 atom stereocenters. The van der Waals surface area contributed by atoms with Crippen LogP contribution in [0, 0.1) is 0 Å². The monoisotopic (exact) mass is 546 g/mol. The molecule has 9 heteroatoms. The summed E-state index contributed by atoms with van der Waals surface area (Å²) < 4.78 is 59.8. The Kier molecular flexibility index (Phi) is 9.47. The number of halogens is 4. The quantitative estimate of drug-likeness (QED) is 0.149. The maximum Gasteiger partial charge on any atom is 0.416 e. The van der Waals surface area contributed by atoms with Crippen molar-refractivity contribution in [3.8, 4) is 23.0 Å². The van der Waals surface area contributed by atoms with Gasteiger partial charge < -0.3 is 18.9 Å². The first kappa shape index (κ1) is 28.7. The summed E-state index contributed by atoms with van der Waals surface area (Å²) in [5, 5.41) is 0.408. The molecule has 0 aliphatic heterocycles. The second-order valence-electron chi connectivity index (χ2n) is 8.02. The minimum atomic E-state index is -4.46. The van der Waals surface area contributed by atoms with Gasteiger partial charge >= 0.3 is 6.18 Å². The number of carbonyl (C=O) groups is 1. The largest absolute Gasteiger partial charge is 0.495 e. The SMILES string of the molecule is COc1cc(C/C=C\C(=O)c2ccc(C(F)(F)F)cc2)c(/C=C\c2cc(OC)c(OC)c(OC)c2)cc1Cl. The molecule has 3 rings (SSSR count). The van der Waals surface area contributed by atoms with Crippen LogP contribution in [0.5, 0.6) is 23.0 Å². The number of hydrogen-bond donors (Lipinski definition) is 0. The zero-order chi connectivity index (χ0) is 27.9. The van der Waals surface area contributed by atoms with Gasteiger partial charge in [0.15, 0.2) is 17.3 Å². The summed E-state index contributed by atoms with van der Waals surface area (Å²) in [6, 6.07) is 11.2. The van der Waals surface area contributed by atoms with Crippen molar-refractivity contribution in [1.29, 1.82) is 0 Å². The van der Waals surface area contributed by atoms with Crippen molar-refractivity contribution in [3.63, 3.8) is 0 Å². The van der Waals surface area contributed by atoms with E-state index in [1.54, 1.807) is 30.3 Å². The van der Waals surface area contributed by atoms with E-state index in [9.17, 15) is 18.0 Å². The lowest BCUT2D eigenvalue weighted by atomic mass is 10.0. The first-order chi connectivity index (χ1) is 18.1. The van der Waals surface area contributed by atoms with E-state index in [1.165, 1.54) is 34.5 Å². The first-order valence-electron chi connectivity index (χ1n) is 11.3. The topological polar surface area (TPSA) is 54.0 Å². The van der Waals surface area contributed by atoms with Crippen molar-refractivity contribution < 1.29 is 36.9 Å². The van der Waals surface area contributed by atoms with Gasteiger partial charge in [0.05, 0.1) is 39.0 Å². The molecular formula is C29H26ClF3O5. The standard InChI is InChI=1S/C29H26ClF3O5/c1-35-25-17-20(6-5-7-24(34)19-10-12-22(13-11-19)29(31,32)33)21(16-23(25)30)9-8-18-14-26(36-2)28(38-4)27(15-18)37-3/h5,7-17H,6H2,1-4H3/b7-5-,9-8-. The first-order valence-corrected chi connectivity index (χ1v) is 11.7. The zero-order valence-electron chi connectivity index (χ0n) is 21.2. The Balaban J connectivity index is 1.87. The molecule has 0 aliphatic carbocycles. The molecule has 0 saturated carbocycles. The van der Waals surface area contributed by atoms with Gasteiger partial charge in [0, 0.05) is 5.56 Å². The molecule has 3 aromatic carbocycles. The normalized spacial score (nSPS) is 11.7. The van der Waals surface area contributed by atoms with E-state index in [0.717, 1.165) is 41.0 Å². The van der Waals surface area contributed by atoms with Gasteiger partial charge in [0.2, 0.25) is 5.75 Å². The van der Waals surface area contributed by atoms with Crippen LogP contribution in [-0.2, 0) is 12.6 Å². The number of hydrogen-bond acceptors (Lipinski definition) is 5. The molecule has 0 aromatic heterocycles. The number of methoxy groups -OCH3 is 4. The average molecular weight is 547 g/mol. The van der Waals surface area contributed by atoms with E-state index in [-0.39, 0.29) is 5.56 Å². The fourth-order valence-electron chi connectivity index (χ4n) is 3.70. The summed E-state index contributed by atoms with van der Waals surface area (Å²) in [6.07, 6.45) is 2.55. The van der Waals surface area contributed by atoms with Crippen molar-refractivity contribution in [2.45, 2.75) is 12.6 Å². The number of rotatable bonds is 10. The van der Waals surface area contributed by atoms with Crippen LogP contribution in [0.3, 0.4) is 0 Å². The Labute approximate surface area is 224 Å². The third-order valence-corrected chi connectivity index (χ3v) is 5.96.